The van der Waals surface area contributed by atoms with E-state index in [9.17, 15) is 0 Å². The van der Waals surface area contributed by atoms with E-state index in [0.29, 0.717) is 5.25 Å². The Morgan fingerprint density at radius 1 is 1.38 bits per heavy atom. The molecule has 84 valence electrons. The average Bonchev–Trinajstić information content (AvgIpc) is 2.73. The molecular formula is C13H16N2S. The van der Waals surface area contributed by atoms with Crippen LogP contribution >= 0.6 is 11.8 Å². The molecule has 0 N–H and O–H groups in total. The van der Waals surface area contributed by atoms with E-state index in [2.05, 4.69) is 46.4 Å². The van der Waals surface area contributed by atoms with Crippen LogP contribution in [0.2, 0.25) is 0 Å². The van der Waals surface area contributed by atoms with Crippen molar-refractivity contribution in [1.82, 2.24) is 9.38 Å². The van der Waals surface area contributed by atoms with Crippen LogP contribution in [0, 0.1) is 6.92 Å². The van der Waals surface area contributed by atoms with Crippen LogP contribution in [0.25, 0.3) is 5.52 Å². The summed E-state index contributed by atoms with van der Waals surface area (Å²) in [5.74, 6) is 2.52. The maximum absolute atomic E-state index is 4.60. The fraction of sp³-hybridized carbons (Fsp3) is 0.462. The smallest absolute Gasteiger partial charge is 0.126 e. The zero-order valence-electron chi connectivity index (χ0n) is 9.52. The van der Waals surface area contributed by atoms with Gasteiger partial charge in [-0.05, 0) is 37.1 Å². The van der Waals surface area contributed by atoms with E-state index in [1.807, 2.05) is 6.20 Å². The van der Waals surface area contributed by atoms with Crippen molar-refractivity contribution in [3.05, 3.63) is 35.9 Å². The van der Waals surface area contributed by atoms with Gasteiger partial charge in [-0.15, -0.1) is 0 Å². The number of aryl methyl sites for hydroxylation is 1. The van der Waals surface area contributed by atoms with Gasteiger partial charge in [0.1, 0.15) is 5.82 Å². The molecular weight excluding hydrogens is 216 g/mol. The fourth-order valence-electron chi connectivity index (χ4n) is 2.30. The number of rotatable bonds is 1. The monoisotopic (exact) mass is 232 g/mol. The zero-order valence-corrected chi connectivity index (χ0v) is 10.3. The highest BCUT2D eigenvalue weighted by Gasteiger charge is 2.20. The average molecular weight is 232 g/mol. The van der Waals surface area contributed by atoms with Crippen LogP contribution in [-0.4, -0.2) is 15.1 Å². The van der Waals surface area contributed by atoms with Gasteiger partial charge in [0.2, 0.25) is 0 Å². The summed E-state index contributed by atoms with van der Waals surface area (Å²) in [7, 11) is 0. The van der Waals surface area contributed by atoms with Crippen molar-refractivity contribution in [3.63, 3.8) is 0 Å². The van der Waals surface area contributed by atoms with Crippen molar-refractivity contribution in [2.24, 2.45) is 0 Å². The minimum Gasteiger partial charge on any atom is -0.303 e. The normalized spacial score (nSPS) is 21.4. The minimum absolute atomic E-state index is 0.595. The first-order valence-corrected chi connectivity index (χ1v) is 6.95. The number of fused-ring (bicyclic) bond motifs is 1. The quantitative estimate of drug-likeness (QED) is 0.747. The summed E-state index contributed by atoms with van der Waals surface area (Å²) in [5, 5.41) is 0.595. The predicted molar refractivity (Wildman–Crippen MR) is 69.0 cm³/mol. The third kappa shape index (κ3) is 1.73. The van der Waals surface area contributed by atoms with Gasteiger partial charge in [0.25, 0.3) is 0 Å². The van der Waals surface area contributed by atoms with E-state index in [4.69, 9.17) is 0 Å². The second-order valence-electron chi connectivity index (χ2n) is 4.47. The van der Waals surface area contributed by atoms with E-state index >= 15 is 0 Å². The van der Waals surface area contributed by atoms with E-state index < -0.39 is 0 Å². The summed E-state index contributed by atoms with van der Waals surface area (Å²) in [6.45, 7) is 2.14. The van der Waals surface area contributed by atoms with Crippen LogP contribution in [-0.2, 0) is 0 Å². The zero-order chi connectivity index (χ0) is 11.0. The number of aromatic nitrogens is 2. The molecule has 3 rings (SSSR count). The Labute approximate surface area is 100 Å². The van der Waals surface area contributed by atoms with Gasteiger partial charge in [-0.3, -0.25) is 0 Å². The van der Waals surface area contributed by atoms with Gasteiger partial charge in [-0.25, -0.2) is 4.98 Å². The number of pyridine rings is 1. The molecule has 3 heterocycles. The summed E-state index contributed by atoms with van der Waals surface area (Å²) < 4.78 is 2.26. The Hall–Kier alpha value is -0.960. The lowest BCUT2D eigenvalue weighted by atomic mass is 10.2. The lowest BCUT2D eigenvalue weighted by Crippen LogP contribution is -2.06. The Kier molecular flexibility index (Phi) is 2.64. The Balaban J connectivity index is 2.05. The van der Waals surface area contributed by atoms with Gasteiger partial charge in [-0.2, -0.15) is 11.8 Å². The maximum atomic E-state index is 4.60. The molecule has 0 aromatic carbocycles. The lowest BCUT2D eigenvalue weighted by Gasteiger charge is -2.20. The highest BCUT2D eigenvalue weighted by Crippen LogP contribution is 2.37. The molecule has 1 saturated heterocycles. The first-order chi connectivity index (χ1) is 7.84. The van der Waals surface area contributed by atoms with E-state index in [0.717, 1.165) is 0 Å². The summed E-state index contributed by atoms with van der Waals surface area (Å²) >= 11 is 2.06. The van der Waals surface area contributed by atoms with Gasteiger partial charge in [0.05, 0.1) is 17.0 Å². The molecule has 2 nitrogen and oxygen atoms in total. The van der Waals surface area contributed by atoms with E-state index in [1.165, 1.54) is 41.9 Å². The third-order valence-corrected chi connectivity index (χ3v) is 4.54. The predicted octanol–water partition coefficient (Wildman–Crippen LogP) is 3.60. The van der Waals surface area contributed by atoms with Crippen LogP contribution in [0.1, 0.15) is 35.9 Å². The van der Waals surface area contributed by atoms with Crippen molar-refractivity contribution < 1.29 is 0 Å². The molecule has 0 aliphatic carbocycles. The Morgan fingerprint density at radius 3 is 3.12 bits per heavy atom. The molecule has 0 bridgehead atoms. The van der Waals surface area contributed by atoms with Crippen molar-refractivity contribution in [2.45, 2.75) is 31.4 Å². The Morgan fingerprint density at radius 2 is 2.31 bits per heavy atom. The van der Waals surface area contributed by atoms with Gasteiger partial charge in [-0.1, -0.05) is 12.5 Å². The van der Waals surface area contributed by atoms with Crippen molar-refractivity contribution in [1.29, 1.82) is 0 Å². The molecule has 2 aromatic heterocycles. The molecule has 1 fully saturated rings. The van der Waals surface area contributed by atoms with E-state index in [-0.39, 0.29) is 0 Å². The SMILES string of the molecule is Cc1ccc2cnc(C3CCCCS3)n2c1. The molecule has 1 aliphatic rings. The fourth-order valence-corrected chi connectivity index (χ4v) is 3.61. The summed E-state index contributed by atoms with van der Waals surface area (Å²) in [4.78, 5) is 4.60. The number of thioether (sulfide) groups is 1. The number of hydrogen-bond acceptors (Lipinski definition) is 2. The largest absolute Gasteiger partial charge is 0.303 e. The maximum Gasteiger partial charge on any atom is 0.126 e. The third-order valence-electron chi connectivity index (χ3n) is 3.17. The van der Waals surface area contributed by atoms with Gasteiger partial charge >= 0.3 is 0 Å². The number of imidazole rings is 1. The van der Waals surface area contributed by atoms with Gasteiger partial charge in [0.15, 0.2) is 0 Å². The van der Waals surface area contributed by atoms with Gasteiger partial charge in [0, 0.05) is 6.20 Å². The van der Waals surface area contributed by atoms with Gasteiger partial charge < -0.3 is 4.40 Å². The minimum atomic E-state index is 0.595. The summed E-state index contributed by atoms with van der Waals surface area (Å²) in [6.07, 6.45) is 8.18. The molecule has 0 saturated carbocycles. The van der Waals surface area contributed by atoms with Crippen LogP contribution in [0.15, 0.2) is 24.5 Å². The van der Waals surface area contributed by atoms with Crippen molar-refractivity contribution in [2.75, 3.05) is 5.75 Å². The molecule has 1 aliphatic heterocycles. The highest BCUT2D eigenvalue weighted by molar-refractivity contribution is 7.99. The van der Waals surface area contributed by atoms with Crippen LogP contribution in [0.4, 0.5) is 0 Å². The topological polar surface area (TPSA) is 17.3 Å². The second kappa shape index (κ2) is 4.13. The molecule has 3 heteroatoms. The Bertz CT molecular complexity index is 498. The highest BCUT2D eigenvalue weighted by atomic mass is 32.2. The second-order valence-corrected chi connectivity index (χ2v) is 5.78. The molecule has 0 spiro atoms. The first kappa shape index (κ1) is 10.2. The molecule has 1 unspecified atom stereocenters. The standard InChI is InChI=1S/C13H16N2S/c1-10-5-6-11-8-14-13(15(11)9-10)12-4-2-3-7-16-12/h5-6,8-9,12H,2-4,7H2,1H3. The van der Waals surface area contributed by atoms with Crippen LogP contribution in [0.5, 0.6) is 0 Å². The summed E-state index contributed by atoms with van der Waals surface area (Å²) in [6, 6.07) is 4.30. The molecule has 1 atom stereocenters. The number of nitrogens with zero attached hydrogens (tertiary/aromatic N) is 2. The van der Waals surface area contributed by atoms with Crippen LogP contribution < -0.4 is 0 Å². The lowest BCUT2D eigenvalue weighted by molar-refractivity contribution is 0.660. The molecule has 16 heavy (non-hydrogen) atoms. The molecule has 2 aromatic rings. The first-order valence-electron chi connectivity index (χ1n) is 5.90. The van der Waals surface area contributed by atoms with Crippen molar-refractivity contribution in [3.8, 4) is 0 Å². The molecule has 0 radical (unpaired) electrons. The van der Waals surface area contributed by atoms with Crippen molar-refractivity contribution >= 4 is 17.3 Å². The van der Waals surface area contributed by atoms with E-state index in [1.54, 1.807) is 0 Å². The number of hydrogen-bond donors (Lipinski definition) is 0. The van der Waals surface area contributed by atoms with Crippen LogP contribution in [0.3, 0.4) is 0 Å². The summed E-state index contributed by atoms with van der Waals surface area (Å²) in [5.41, 5.74) is 2.51. The molecule has 0 amide bonds.